The Morgan fingerprint density at radius 1 is 0.909 bits per heavy atom. The molecule has 4 rings (SSSR count). The summed E-state index contributed by atoms with van der Waals surface area (Å²) in [6.45, 7) is 11.0. The minimum Gasteiger partial charge on any atom is -0.335 e. The van der Waals surface area contributed by atoms with E-state index in [-0.39, 0.29) is 13.2 Å². The van der Waals surface area contributed by atoms with E-state index in [1.165, 1.54) is 11.1 Å². The van der Waals surface area contributed by atoms with Crippen LogP contribution in [0.4, 0.5) is 5.69 Å². The van der Waals surface area contributed by atoms with E-state index in [0.717, 1.165) is 47.5 Å². The lowest BCUT2D eigenvalue weighted by Gasteiger charge is -2.20. The fourth-order valence-electron chi connectivity index (χ4n) is 4.65. The molecular weight excluding hydrogens is 645 g/mol. The summed E-state index contributed by atoms with van der Waals surface area (Å²) in [5, 5.41) is 1.98. The molecule has 0 bridgehead atoms. The Morgan fingerprint density at radius 2 is 1.52 bits per heavy atom. The summed E-state index contributed by atoms with van der Waals surface area (Å²) >= 11 is 3.29. The molecule has 0 spiro atoms. The van der Waals surface area contributed by atoms with Crippen LogP contribution in [0.3, 0.4) is 0 Å². The molecule has 0 saturated carbocycles. The van der Waals surface area contributed by atoms with Gasteiger partial charge in [-0.15, -0.1) is 0 Å². The van der Waals surface area contributed by atoms with Crippen molar-refractivity contribution in [3.05, 3.63) is 80.4 Å². The first-order chi connectivity index (χ1) is 20.6. The third-order valence-electron chi connectivity index (χ3n) is 7.19. The Bertz CT molecular complexity index is 1860. The zero-order valence-corrected chi connectivity index (χ0v) is 28.5. The number of rotatable bonds is 13. The average molecular weight is 682 g/mol. The Labute approximate surface area is 267 Å². The summed E-state index contributed by atoms with van der Waals surface area (Å²) in [6, 6.07) is 8.56. The van der Waals surface area contributed by atoms with Crippen LogP contribution in [0, 0.1) is 27.7 Å². The van der Waals surface area contributed by atoms with Gasteiger partial charge in [-0.1, -0.05) is 40.8 Å². The zero-order chi connectivity index (χ0) is 32.2. The van der Waals surface area contributed by atoms with Crippen LogP contribution in [-0.2, 0) is 35.7 Å². The van der Waals surface area contributed by atoms with Crippen molar-refractivity contribution >= 4 is 65.9 Å². The molecule has 44 heavy (non-hydrogen) atoms. The largest absolute Gasteiger partial charge is 0.397 e. The highest BCUT2D eigenvalue weighted by Crippen LogP contribution is 2.47. The molecule has 14 heteroatoms. The number of benzene rings is 2. The second kappa shape index (κ2) is 14.3. The van der Waals surface area contributed by atoms with E-state index in [4.69, 9.17) is 9.11 Å². The minimum atomic E-state index is -4.48. The summed E-state index contributed by atoms with van der Waals surface area (Å²) in [5.74, 6) is 0. The number of thiazole rings is 1. The van der Waals surface area contributed by atoms with Crippen molar-refractivity contribution in [2.45, 2.75) is 58.9 Å². The van der Waals surface area contributed by atoms with Crippen LogP contribution in [0.1, 0.15) is 47.0 Å². The fourth-order valence-corrected chi connectivity index (χ4v) is 7.65. The van der Waals surface area contributed by atoms with Crippen molar-refractivity contribution in [3.63, 3.8) is 0 Å². The van der Waals surface area contributed by atoms with Crippen molar-refractivity contribution in [1.82, 2.24) is 0 Å². The molecule has 3 aromatic rings. The quantitative estimate of drug-likeness (QED) is 0.0922. The molecule has 238 valence electrons. The Balaban J connectivity index is 1.57. The second-order valence-corrected chi connectivity index (χ2v) is 14.9. The van der Waals surface area contributed by atoms with Gasteiger partial charge in [0, 0.05) is 30.0 Å². The summed E-state index contributed by atoms with van der Waals surface area (Å²) in [5.41, 5.74) is 7.79. The maximum absolute atomic E-state index is 11.0. The van der Waals surface area contributed by atoms with Gasteiger partial charge in [0.05, 0.1) is 23.9 Å². The number of anilines is 1. The summed E-state index contributed by atoms with van der Waals surface area (Å²) in [4.78, 5) is 3.25. The van der Waals surface area contributed by atoms with Gasteiger partial charge < -0.3 is 4.90 Å². The number of hydrogen-bond acceptors (Lipinski definition) is 9. The van der Waals surface area contributed by atoms with Crippen LogP contribution in [0.2, 0.25) is 0 Å². The van der Waals surface area contributed by atoms with Gasteiger partial charge in [-0.2, -0.15) is 21.4 Å². The number of aryl methyl sites for hydroxylation is 5. The van der Waals surface area contributed by atoms with Crippen LogP contribution in [0.25, 0.3) is 16.3 Å². The Kier molecular flexibility index (Phi) is 11.1. The molecule has 1 aliphatic rings. The van der Waals surface area contributed by atoms with Gasteiger partial charge in [0.15, 0.2) is 6.54 Å². The predicted molar refractivity (Wildman–Crippen MR) is 176 cm³/mol. The number of fused-ring (bicyclic) bond motifs is 2. The van der Waals surface area contributed by atoms with Gasteiger partial charge in [-0.25, -0.2) is 8.37 Å². The van der Waals surface area contributed by atoms with Crippen LogP contribution in [0.15, 0.2) is 58.0 Å². The maximum atomic E-state index is 11.0. The molecule has 0 aliphatic carbocycles. The third-order valence-corrected chi connectivity index (χ3v) is 10.3. The highest BCUT2D eigenvalue weighted by Gasteiger charge is 2.25. The highest BCUT2D eigenvalue weighted by atomic mass is 32.3. The lowest BCUT2D eigenvalue weighted by atomic mass is 10.1. The van der Waals surface area contributed by atoms with Crippen molar-refractivity contribution in [1.29, 1.82) is 0 Å². The molecule has 2 heterocycles. The van der Waals surface area contributed by atoms with E-state index in [2.05, 4.69) is 69.8 Å². The van der Waals surface area contributed by atoms with E-state index in [1.807, 2.05) is 31.2 Å². The van der Waals surface area contributed by atoms with Crippen LogP contribution in [0.5, 0.6) is 0 Å². The van der Waals surface area contributed by atoms with Gasteiger partial charge in [-0.05, 0) is 87.6 Å². The molecule has 2 N–H and O–H groups in total. The second-order valence-electron chi connectivity index (χ2n) is 10.6. The predicted octanol–water partition coefficient (Wildman–Crippen LogP) is 6.25. The number of allylic oxidation sites excluding steroid dienone is 4. The summed E-state index contributed by atoms with van der Waals surface area (Å²) in [6.07, 6.45) is 8.92. The third kappa shape index (κ3) is 9.23. The van der Waals surface area contributed by atoms with E-state index < -0.39 is 20.8 Å². The normalized spacial score (nSPS) is 15.3. The van der Waals surface area contributed by atoms with Gasteiger partial charge >= 0.3 is 20.8 Å². The van der Waals surface area contributed by atoms with Crippen LogP contribution < -0.4 is 9.47 Å². The molecule has 0 unspecified atom stereocenters. The number of aromatic nitrogens is 1. The molecule has 0 amide bonds. The topological polar surface area (TPSA) is 134 Å². The van der Waals surface area contributed by atoms with E-state index in [1.54, 1.807) is 23.1 Å². The monoisotopic (exact) mass is 681 g/mol. The summed E-state index contributed by atoms with van der Waals surface area (Å²) in [7, 11) is -8.97. The zero-order valence-electron chi connectivity index (χ0n) is 25.2. The van der Waals surface area contributed by atoms with Gasteiger partial charge in [-0.3, -0.25) is 9.11 Å². The van der Waals surface area contributed by atoms with Crippen LogP contribution >= 0.6 is 23.1 Å². The van der Waals surface area contributed by atoms with E-state index in [0.29, 0.717) is 25.9 Å². The molecule has 1 aliphatic heterocycles. The molecule has 10 nitrogen and oxygen atoms in total. The fraction of sp³-hybridized carbons (Fsp3) is 0.367. The van der Waals surface area contributed by atoms with Gasteiger partial charge in [0.2, 0.25) is 5.52 Å². The van der Waals surface area contributed by atoms with Gasteiger partial charge in [0.1, 0.15) is 4.70 Å². The van der Waals surface area contributed by atoms with Crippen LogP contribution in [-0.4, -0.2) is 45.7 Å². The first kappa shape index (κ1) is 34.3. The first-order valence-electron chi connectivity index (χ1n) is 13.9. The number of nitrogens with zero attached hydrogens (tertiary/aromatic N) is 2. The molecule has 0 saturated heterocycles. The van der Waals surface area contributed by atoms with Crippen molar-refractivity contribution in [3.8, 4) is 0 Å². The molecule has 0 fully saturated rings. The SMILES string of the molecule is CC(/C=C/c1sc2cc(C)c(C)cc2[n+]1CCCOS(=O)(=O)O)=C\C=C1/Sc2cc(C)c(C)cc2N1CCCOS(=O)(=O)O. The molecular formula is C30H37N2O8S4+. The minimum absolute atomic E-state index is 0.124. The lowest BCUT2D eigenvalue weighted by Crippen LogP contribution is -2.35. The van der Waals surface area contributed by atoms with E-state index >= 15 is 0 Å². The summed E-state index contributed by atoms with van der Waals surface area (Å²) < 4.78 is 74.0. The first-order valence-corrected chi connectivity index (χ1v) is 18.3. The smallest absolute Gasteiger partial charge is 0.335 e. The Hall–Kier alpha value is -2.56. The van der Waals surface area contributed by atoms with Gasteiger partial charge in [0.25, 0.3) is 5.01 Å². The standard InChI is InChI=1S/C30H36N2O8S4/c1-20(8-10-29-31(12-6-14-39-43(33,34)35)25-16-21(2)23(4)18-27(25)41-29)9-11-30-32(13-7-15-40-44(36,37)38)26-17-22(3)24(5)19-28(26)42-30/h8-11,16-19H,6-7,12-15H2,1-5H3,(H-,33,34,35,36,37,38)/p+1. The average Bonchev–Trinajstić information content (AvgIpc) is 3.42. The number of thioether (sulfide) groups is 1. The lowest BCUT2D eigenvalue weighted by molar-refractivity contribution is -0.669. The molecule has 2 aromatic carbocycles. The molecule has 1 aromatic heterocycles. The highest BCUT2D eigenvalue weighted by molar-refractivity contribution is 8.03. The Morgan fingerprint density at radius 3 is 2.20 bits per heavy atom. The molecule has 0 atom stereocenters. The van der Waals surface area contributed by atoms with Crippen molar-refractivity contribution in [2.75, 3.05) is 24.7 Å². The number of hydrogen-bond donors (Lipinski definition) is 2. The van der Waals surface area contributed by atoms with Crippen molar-refractivity contribution in [2.24, 2.45) is 0 Å². The maximum Gasteiger partial charge on any atom is 0.397 e. The van der Waals surface area contributed by atoms with E-state index in [9.17, 15) is 16.8 Å². The molecule has 0 radical (unpaired) electrons. The van der Waals surface area contributed by atoms with Crippen molar-refractivity contribution < 1.29 is 38.9 Å².